The van der Waals surface area contributed by atoms with Crippen LogP contribution < -0.4 is 20.3 Å². The number of carbonyl (C=O) groups excluding carboxylic acids is 2. The van der Waals surface area contributed by atoms with Crippen molar-refractivity contribution in [1.82, 2.24) is 35.1 Å². The maximum absolute atomic E-state index is 13.4. The highest BCUT2D eigenvalue weighted by molar-refractivity contribution is 6.32. The van der Waals surface area contributed by atoms with Crippen LogP contribution in [0.5, 0.6) is 5.75 Å². The number of nitrogens with zero attached hydrogens (tertiary/aromatic N) is 6. The number of ether oxygens (including phenoxy) is 1. The van der Waals surface area contributed by atoms with Crippen molar-refractivity contribution < 1.29 is 14.3 Å². The summed E-state index contributed by atoms with van der Waals surface area (Å²) in [6.07, 6.45) is 6.29. The number of imidazole rings is 1. The number of amides is 3. The van der Waals surface area contributed by atoms with Crippen LogP contribution in [0.15, 0.2) is 43.0 Å². The average Bonchev–Trinajstić information content (AvgIpc) is 3.46. The Labute approximate surface area is 231 Å². The zero-order chi connectivity index (χ0) is 27.1. The first kappa shape index (κ1) is 27.5. The van der Waals surface area contributed by atoms with E-state index in [1.807, 2.05) is 24.0 Å². The number of halogens is 2. The Morgan fingerprint density at radius 1 is 1.13 bits per heavy atom. The molecule has 1 atom stereocenters. The number of piperazine rings is 1. The summed E-state index contributed by atoms with van der Waals surface area (Å²) in [5, 5.41) is 6.63. The molecule has 2 N–H and O–H groups in total. The van der Waals surface area contributed by atoms with Gasteiger partial charge in [0.2, 0.25) is 11.9 Å². The molecule has 0 bridgehead atoms. The number of methoxy groups -OCH3 is 1. The van der Waals surface area contributed by atoms with Crippen molar-refractivity contribution in [2.45, 2.75) is 25.8 Å². The number of rotatable bonds is 9. The van der Waals surface area contributed by atoms with E-state index in [4.69, 9.17) is 27.9 Å². The van der Waals surface area contributed by atoms with Crippen LogP contribution in [-0.4, -0.2) is 82.2 Å². The Bertz CT molecular complexity index is 1260. The predicted octanol–water partition coefficient (Wildman–Crippen LogP) is 2.95. The van der Waals surface area contributed by atoms with Gasteiger partial charge >= 0.3 is 6.03 Å². The number of aromatic nitrogens is 4. The summed E-state index contributed by atoms with van der Waals surface area (Å²) < 4.78 is 6.85. The van der Waals surface area contributed by atoms with Gasteiger partial charge in [0.05, 0.1) is 12.1 Å². The van der Waals surface area contributed by atoms with Crippen LogP contribution in [-0.2, 0) is 11.2 Å². The maximum atomic E-state index is 13.4. The van der Waals surface area contributed by atoms with E-state index in [-0.39, 0.29) is 23.6 Å². The molecule has 13 heteroatoms. The zero-order valence-corrected chi connectivity index (χ0v) is 22.7. The van der Waals surface area contributed by atoms with E-state index in [0.29, 0.717) is 55.1 Å². The molecule has 0 aliphatic carbocycles. The first-order chi connectivity index (χ1) is 18.4. The molecule has 0 saturated carbocycles. The van der Waals surface area contributed by atoms with Crippen molar-refractivity contribution >= 4 is 41.0 Å². The molecule has 3 aromatic rings. The van der Waals surface area contributed by atoms with E-state index in [2.05, 4.69) is 25.6 Å². The number of carbonyl (C=O) groups is 2. The summed E-state index contributed by atoms with van der Waals surface area (Å²) in [5.74, 6) is 1.27. The van der Waals surface area contributed by atoms with Gasteiger partial charge < -0.3 is 25.2 Å². The fourth-order valence-corrected chi connectivity index (χ4v) is 4.61. The van der Waals surface area contributed by atoms with Crippen molar-refractivity contribution in [2.24, 2.45) is 0 Å². The monoisotopic (exact) mass is 560 g/mol. The Kier molecular flexibility index (Phi) is 9.24. The second-order valence-corrected chi connectivity index (χ2v) is 9.51. The molecule has 4 rings (SSSR count). The molecule has 1 aromatic carbocycles. The lowest BCUT2D eigenvalue weighted by Gasteiger charge is -2.41. The van der Waals surface area contributed by atoms with Crippen LogP contribution >= 0.6 is 23.2 Å². The molecule has 3 heterocycles. The molecule has 38 heavy (non-hydrogen) atoms. The minimum Gasteiger partial charge on any atom is -0.495 e. The van der Waals surface area contributed by atoms with Crippen molar-refractivity contribution in [3.8, 4) is 11.7 Å². The molecule has 1 fully saturated rings. The smallest absolute Gasteiger partial charge is 0.318 e. The molecule has 1 unspecified atom stereocenters. The highest BCUT2D eigenvalue weighted by Crippen LogP contribution is 2.25. The normalized spacial score (nSPS) is 15.3. The van der Waals surface area contributed by atoms with E-state index in [0.717, 1.165) is 12.0 Å². The number of urea groups is 1. The summed E-state index contributed by atoms with van der Waals surface area (Å²) in [6.45, 7) is 3.95. The van der Waals surface area contributed by atoms with E-state index in [9.17, 15) is 9.59 Å². The summed E-state index contributed by atoms with van der Waals surface area (Å²) >= 11 is 12.5. The third-order valence-corrected chi connectivity index (χ3v) is 6.62. The highest BCUT2D eigenvalue weighted by Gasteiger charge is 2.36. The summed E-state index contributed by atoms with van der Waals surface area (Å²) in [5.41, 5.74) is 0.960. The second kappa shape index (κ2) is 12.8. The molecule has 0 radical (unpaired) electrons. The van der Waals surface area contributed by atoms with Gasteiger partial charge in [-0.1, -0.05) is 36.2 Å². The lowest BCUT2D eigenvalue weighted by Crippen LogP contribution is -2.62. The molecule has 2 aromatic heterocycles. The van der Waals surface area contributed by atoms with E-state index in [1.54, 1.807) is 47.4 Å². The Morgan fingerprint density at radius 2 is 1.97 bits per heavy atom. The molecule has 1 saturated heterocycles. The standard InChI is InChI=1S/C25H30Cl2N8O3/c1-3-7-30-25(37)35-12-11-33(22-14-21(27)31-24(32-22)34-10-9-28-16-34)15-19(35)23(36)29-8-6-17-4-5-20(38-2)18(26)13-17/h4-5,9-10,13-14,16,19H,3,6-8,11-12,15H2,1-2H3,(H,29,36)(H,30,37). The minimum atomic E-state index is -0.731. The Hall–Kier alpha value is -3.57. The lowest BCUT2D eigenvalue weighted by atomic mass is 10.1. The lowest BCUT2D eigenvalue weighted by molar-refractivity contribution is -0.125. The topological polar surface area (TPSA) is 118 Å². The Balaban J connectivity index is 1.48. The van der Waals surface area contributed by atoms with Gasteiger partial charge in [-0.05, 0) is 30.5 Å². The van der Waals surface area contributed by atoms with E-state index < -0.39 is 6.04 Å². The second-order valence-electron chi connectivity index (χ2n) is 8.72. The van der Waals surface area contributed by atoms with Crippen molar-refractivity contribution in [3.63, 3.8) is 0 Å². The van der Waals surface area contributed by atoms with Gasteiger partial charge in [0.1, 0.15) is 29.1 Å². The number of hydrogen-bond acceptors (Lipinski definition) is 7. The van der Waals surface area contributed by atoms with Gasteiger partial charge in [-0.15, -0.1) is 0 Å². The van der Waals surface area contributed by atoms with Crippen LogP contribution in [0.1, 0.15) is 18.9 Å². The van der Waals surface area contributed by atoms with Crippen LogP contribution in [0.2, 0.25) is 10.2 Å². The molecular weight excluding hydrogens is 531 g/mol. The molecule has 1 aliphatic rings. The third-order valence-electron chi connectivity index (χ3n) is 6.13. The quantitative estimate of drug-likeness (QED) is 0.386. The van der Waals surface area contributed by atoms with Crippen molar-refractivity contribution in [2.75, 3.05) is 44.7 Å². The number of hydrogen-bond donors (Lipinski definition) is 2. The van der Waals surface area contributed by atoms with Crippen LogP contribution in [0.25, 0.3) is 5.95 Å². The van der Waals surface area contributed by atoms with Gasteiger partial charge in [-0.3, -0.25) is 9.36 Å². The molecule has 3 amide bonds. The van der Waals surface area contributed by atoms with Crippen LogP contribution in [0.3, 0.4) is 0 Å². The number of anilines is 1. The summed E-state index contributed by atoms with van der Waals surface area (Å²) in [4.78, 5) is 42.7. The first-order valence-electron chi connectivity index (χ1n) is 12.3. The van der Waals surface area contributed by atoms with Gasteiger partial charge in [0.15, 0.2) is 0 Å². The largest absolute Gasteiger partial charge is 0.495 e. The summed E-state index contributed by atoms with van der Waals surface area (Å²) in [7, 11) is 1.56. The SMILES string of the molecule is CCCNC(=O)N1CCN(c2cc(Cl)nc(-n3ccnc3)n2)CC1C(=O)NCCc1ccc(OC)c(Cl)c1. The maximum Gasteiger partial charge on any atom is 0.318 e. The molecule has 0 spiro atoms. The van der Waals surface area contributed by atoms with Gasteiger partial charge in [-0.2, -0.15) is 4.98 Å². The fraction of sp³-hybridized carbons (Fsp3) is 0.400. The molecular formula is C25H30Cl2N8O3. The van der Waals surface area contributed by atoms with Crippen LogP contribution in [0, 0.1) is 0 Å². The highest BCUT2D eigenvalue weighted by atomic mass is 35.5. The average molecular weight is 561 g/mol. The third kappa shape index (κ3) is 6.65. The van der Waals surface area contributed by atoms with Crippen molar-refractivity contribution in [3.05, 3.63) is 58.7 Å². The van der Waals surface area contributed by atoms with Crippen molar-refractivity contribution in [1.29, 1.82) is 0 Å². The zero-order valence-electron chi connectivity index (χ0n) is 21.2. The summed E-state index contributed by atoms with van der Waals surface area (Å²) in [6, 6.07) is 6.16. The number of nitrogens with one attached hydrogen (secondary N) is 2. The number of benzene rings is 1. The van der Waals surface area contributed by atoms with Gasteiger partial charge in [0.25, 0.3) is 0 Å². The van der Waals surface area contributed by atoms with Gasteiger partial charge in [-0.25, -0.2) is 14.8 Å². The first-order valence-corrected chi connectivity index (χ1v) is 13.1. The Morgan fingerprint density at radius 3 is 2.68 bits per heavy atom. The molecule has 1 aliphatic heterocycles. The minimum absolute atomic E-state index is 0.246. The van der Waals surface area contributed by atoms with E-state index in [1.165, 1.54) is 0 Å². The van der Waals surface area contributed by atoms with E-state index >= 15 is 0 Å². The molecule has 11 nitrogen and oxygen atoms in total. The van der Waals surface area contributed by atoms with Gasteiger partial charge in [0, 0.05) is 51.2 Å². The molecule has 202 valence electrons. The van der Waals surface area contributed by atoms with Crippen LogP contribution in [0.4, 0.5) is 10.6 Å². The predicted molar refractivity (Wildman–Crippen MR) is 145 cm³/mol. The fourth-order valence-electron chi connectivity index (χ4n) is 4.15.